The van der Waals surface area contributed by atoms with E-state index in [0.29, 0.717) is 0 Å². The molecule has 0 bridgehead atoms. The van der Waals surface area contributed by atoms with Crippen molar-refractivity contribution in [3.63, 3.8) is 0 Å². The summed E-state index contributed by atoms with van der Waals surface area (Å²) in [5.41, 5.74) is 6.52. The molecule has 0 radical (unpaired) electrons. The highest BCUT2D eigenvalue weighted by atomic mass is 16.2. The van der Waals surface area contributed by atoms with Gasteiger partial charge in [0.15, 0.2) is 0 Å². The molecule has 12 heteroatoms. The molecule has 0 aliphatic carbocycles. The zero-order valence-corrected chi connectivity index (χ0v) is 13.3. The molecular formula is C14H16N8O4. The first-order valence-corrected chi connectivity index (χ1v) is 7.04. The molecule has 0 spiro atoms. The number of hydrazine groups is 4. The van der Waals surface area contributed by atoms with Crippen LogP contribution in [0.1, 0.15) is 41.4 Å². The van der Waals surface area contributed by atoms with Crippen LogP contribution in [-0.2, 0) is 0 Å². The van der Waals surface area contributed by atoms with Crippen molar-refractivity contribution in [1.29, 1.82) is 0 Å². The number of amides is 4. The van der Waals surface area contributed by atoms with Gasteiger partial charge >= 0.3 is 0 Å². The van der Waals surface area contributed by atoms with E-state index >= 15 is 0 Å². The van der Waals surface area contributed by atoms with Gasteiger partial charge in [-0.2, -0.15) is 0 Å². The van der Waals surface area contributed by atoms with E-state index in [1.807, 2.05) is 21.7 Å². The normalized spacial score (nSPS) is 10.2. The van der Waals surface area contributed by atoms with E-state index in [2.05, 4.69) is 0 Å². The number of nitrogen functional groups attached to an aromatic ring is 4. The Morgan fingerprint density at radius 3 is 1.69 bits per heavy atom. The van der Waals surface area contributed by atoms with Gasteiger partial charge in [0.25, 0.3) is 23.6 Å². The number of hydrogen-bond acceptors (Lipinski definition) is 8. The summed E-state index contributed by atoms with van der Waals surface area (Å²) >= 11 is 0. The van der Waals surface area contributed by atoms with Crippen LogP contribution in [0.15, 0.2) is 24.3 Å². The Hall–Kier alpha value is -3.58. The molecule has 26 heavy (non-hydrogen) atoms. The summed E-state index contributed by atoms with van der Waals surface area (Å²) < 4.78 is 0. The first kappa shape index (κ1) is 18.8. The first-order chi connectivity index (χ1) is 12.4. The van der Waals surface area contributed by atoms with E-state index in [4.69, 9.17) is 23.4 Å². The van der Waals surface area contributed by atoms with Crippen molar-refractivity contribution >= 4 is 34.4 Å². The Morgan fingerprint density at radius 1 is 0.654 bits per heavy atom. The average Bonchev–Trinajstić information content (AvgIpc) is 2.69. The second-order valence-electron chi connectivity index (χ2n) is 4.97. The predicted molar refractivity (Wildman–Crippen MR) is 90.6 cm³/mol. The van der Waals surface area contributed by atoms with Gasteiger partial charge in [0.2, 0.25) is 0 Å². The summed E-state index contributed by atoms with van der Waals surface area (Å²) in [5, 5.41) is 0.336. The van der Waals surface area contributed by atoms with Crippen LogP contribution in [0.4, 0.5) is 0 Å². The minimum Gasteiger partial charge on any atom is -0.290 e. The lowest BCUT2D eigenvalue weighted by molar-refractivity contribution is 0.0906. The van der Waals surface area contributed by atoms with E-state index < -0.39 is 29.2 Å². The molecule has 12 N–H and O–H groups in total. The molecule has 136 valence electrons. The number of hydrogen-bond donors (Lipinski definition) is 8. The fourth-order valence-corrected chi connectivity index (χ4v) is 2.59. The van der Waals surface area contributed by atoms with Crippen LogP contribution in [0.25, 0.3) is 10.8 Å². The maximum Gasteiger partial charge on any atom is 0.266 e. The number of carbonyl (C=O) groups excluding carboxylic acids is 4. The van der Waals surface area contributed by atoms with Crippen LogP contribution in [0, 0.1) is 0 Å². The summed E-state index contributed by atoms with van der Waals surface area (Å²) in [5.74, 6) is 17.2. The Labute approximate surface area is 146 Å². The highest BCUT2D eigenvalue weighted by Gasteiger charge is 2.28. The van der Waals surface area contributed by atoms with Gasteiger partial charge < -0.3 is 0 Å². The van der Waals surface area contributed by atoms with Gasteiger partial charge in [-0.25, -0.2) is 23.4 Å². The third-order valence-electron chi connectivity index (χ3n) is 3.63. The van der Waals surface area contributed by atoms with E-state index in [-0.39, 0.29) is 27.5 Å². The number of carbonyl (C=O) groups is 4. The molecule has 0 heterocycles. The van der Waals surface area contributed by atoms with E-state index in [0.717, 1.165) is 0 Å². The second kappa shape index (κ2) is 7.54. The standard InChI is InChI=1S/C14H16N8O4/c15-19-11(23)6-3-1-2-5-4-7(12(24)20-16)9(13(25)21-17)10(8(5)6)14(26)22-18/h1-4H,15-18H2,(H,19,23)(H,20,24)(H,21,25)(H,22,26). The number of rotatable bonds is 4. The molecule has 0 aromatic heterocycles. The minimum atomic E-state index is -0.966. The van der Waals surface area contributed by atoms with Gasteiger partial charge in [0.05, 0.1) is 16.7 Å². The van der Waals surface area contributed by atoms with Crippen molar-refractivity contribution in [2.45, 2.75) is 0 Å². The molecule has 0 saturated heterocycles. The monoisotopic (exact) mass is 360 g/mol. The zero-order chi connectivity index (χ0) is 19.4. The number of nitrogens with two attached hydrogens (primary N) is 4. The molecule has 2 aromatic rings. The molecule has 0 saturated carbocycles. The SMILES string of the molecule is NNC(=O)c1cc2cccc(C(=O)NN)c2c(C(=O)NN)c1C(=O)NN. The summed E-state index contributed by atoms with van der Waals surface area (Å²) in [6, 6.07) is 5.69. The van der Waals surface area contributed by atoms with Crippen LogP contribution < -0.4 is 45.1 Å². The van der Waals surface area contributed by atoms with Crippen LogP contribution in [0.2, 0.25) is 0 Å². The molecule has 12 nitrogen and oxygen atoms in total. The smallest absolute Gasteiger partial charge is 0.266 e. The number of benzene rings is 2. The van der Waals surface area contributed by atoms with E-state index in [1.165, 1.54) is 24.3 Å². The van der Waals surface area contributed by atoms with Gasteiger partial charge in [-0.05, 0) is 17.5 Å². The largest absolute Gasteiger partial charge is 0.290 e. The molecule has 0 fully saturated rings. The highest BCUT2D eigenvalue weighted by molar-refractivity contribution is 6.23. The van der Waals surface area contributed by atoms with Gasteiger partial charge in [0.1, 0.15) is 0 Å². The first-order valence-electron chi connectivity index (χ1n) is 7.04. The lowest BCUT2D eigenvalue weighted by atomic mass is 9.89. The average molecular weight is 360 g/mol. The van der Waals surface area contributed by atoms with Crippen molar-refractivity contribution in [3.05, 3.63) is 46.5 Å². The Bertz CT molecular complexity index is 927. The summed E-state index contributed by atoms with van der Waals surface area (Å²) in [4.78, 5) is 48.9. The lowest BCUT2D eigenvalue weighted by Gasteiger charge is -2.17. The summed E-state index contributed by atoms with van der Waals surface area (Å²) in [6.45, 7) is 0. The maximum atomic E-state index is 12.4. The van der Waals surface area contributed by atoms with Crippen molar-refractivity contribution < 1.29 is 19.2 Å². The molecule has 2 rings (SSSR count). The summed E-state index contributed by atoms with van der Waals surface area (Å²) in [7, 11) is 0. The quantitative estimate of drug-likeness (QED) is 0.162. The van der Waals surface area contributed by atoms with Gasteiger partial charge in [-0.1, -0.05) is 12.1 Å². The predicted octanol–water partition coefficient (Wildman–Crippen LogP) is -2.75. The van der Waals surface area contributed by atoms with Crippen molar-refractivity contribution in [3.8, 4) is 0 Å². The molecule has 0 aliphatic heterocycles. The topological polar surface area (TPSA) is 220 Å². The van der Waals surface area contributed by atoms with Gasteiger partial charge in [-0.15, -0.1) is 0 Å². The van der Waals surface area contributed by atoms with Gasteiger partial charge in [0, 0.05) is 10.9 Å². The molecule has 0 unspecified atom stereocenters. The number of fused-ring (bicyclic) bond motifs is 1. The fourth-order valence-electron chi connectivity index (χ4n) is 2.59. The van der Waals surface area contributed by atoms with Crippen LogP contribution >= 0.6 is 0 Å². The van der Waals surface area contributed by atoms with E-state index in [9.17, 15) is 19.2 Å². The Balaban J connectivity index is 3.11. The van der Waals surface area contributed by atoms with Crippen LogP contribution in [0.5, 0.6) is 0 Å². The molecule has 0 atom stereocenters. The minimum absolute atomic E-state index is 0.0191. The molecule has 0 aliphatic rings. The van der Waals surface area contributed by atoms with E-state index in [1.54, 1.807) is 0 Å². The zero-order valence-electron chi connectivity index (χ0n) is 13.3. The molecule has 2 aromatic carbocycles. The van der Waals surface area contributed by atoms with Gasteiger partial charge in [-0.3, -0.25) is 40.9 Å². The molecular weight excluding hydrogens is 344 g/mol. The maximum absolute atomic E-state index is 12.4. The summed E-state index contributed by atoms with van der Waals surface area (Å²) in [6.07, 6.45) is 0. The fraction of sp³-hybridized carbons (Fsp3) is 0. The second-order valence-corrected chi connectivity index (χ2v) is 4.97. The Morgan fingerprint density at radius 2 is 1.15 bits per heavy atom. The van der Waals surface area contributed by atoms with Crippen molar-refractivity contribution in [2.24, 2.45) is 23.4 Å². The van der Waals surface area contributed by atoms with Crippen LogP contribution in [0.3, 0.4) is 0 Å². The third kappa shape index (κ3) is 3.03. The van der Waals surface area contributed by atoms with Crippen molar-refractivity contribution in [1.82, 2.24) is 21.7 Å². The van der Waals surface area contributed by atoms with Crippen molar-refractivity contribution in [2.75, 3.05) is 0 Å². The number of nitrogens with one attached hydrogen (secondary N) is 4. The van der Waals surface area contributed by atoms with Crippen LogP contribution in [-0.4, -0.2) is 23.6 Å². The highest BCUT2D eigenvalue weighted by Crippen LogP contribution is 2.29. The lowest BCUT2D eigenvalue weighted by Crippen LogP contribution is -2.39. The third-order valence-corrected chi connectivity index (χ3v) is 3.63. The molecule has 4 amide bonds. The Kier molecular flexibility index (Phi) is 5.44.